The van der Waals surface area contributed by atoms with E-state index >= 15 is 0 Å². The lowest BCUT2D eigenvalue weighted by atomic mass is 10.1. The zero-order chi connectivity index (χ0) is 20.6. The minimum Gasteiger partial charge on any atom is -0.483 e. The molecule has 0 aliphatic heterocycles. The number of ether oxygens (including phenoxy) is 1. The molecule has 0 N–H and O–H groups in total. The van der Waals surface area contributed by atoms with Crippen LogP contribution in [0, 0.1) is 5.82 Å². The maximum Gasteiger partial charge on any atom is 0.261 e. The fourth-order valence-corrected chi connectivity index (χ4v) is 2.97. The molecule has 0 aliphatic carbocycles. The third-order valence-corrected chi connectivity index (χ3v) is 4.46. The van der Waals surface area contributed by atoms with E-state index in [1.807, 2.05) is 60.7 Å². The summed E-state index contributed by atoms with van der Waals surface area (Å²) in [4.78, 5) is 26.3. The number of Topliss-reactive ketones (excluding diaryl/α,β-unsaturated/α-hetero) is 1. The summed E-state index contributed by atoms with van der Waals surface area (Å²) in [6, 6.07) is 23.1. The molecule has 0 saturated carbocycles. The van der Waals surface area contributed by atoms with E-state index in [4.69, 9.17) is 4.74 Å². The van der Waals surface area contributed by atoms with Crippen LogP contribution in [-0.4, -0.2) is 23.2 Å². The monoisotopic (exact) mass is 391 g/mol. The smallest absolute Gasteiger partial charge is 0.261 e. The summed E-state index contributed by atoms with van der Waals surface area (Å²) < 4.78 is 19.0. The molecule has 1 amide bonds. The normalized spacial score (nSPS) is 10.4. The Labute approximate surface area is 169 Å². The van der Waals surface area contributed by atoms with Gasteiger partial charge in [-0.25, -0.2) is 4.39 Å². The van der Waals surface area contributed by atoms with Gasteiger partial charge in [0.15, 0.2) is 12.4 Å². The molecule has 0 saturated heterocycles. The van der Waals surface area contributed by atoms with Crippen LogP contribution in [0.15, 0.2) is 78.9 Å². The Kier molecular flexibility index (Phi) is 6.74. The van der Waals surface area contributed by atoms with Crippen molar-refractivity contribution >= 4 is 11.7 Å². The highest BCUT2D eigenvalue weighted by Gasteiger charge is 2.17. The summed E-state index contributed by atoms with van der Waals surface area (Å²) in [6.45, 7) is 1.95. The topological polar surface area (TPSA) is 46.6 Å². The summed E-state index contributed by atoms with van der Waals surface area (Å²) in [5.41, 5.74) is 2.13. The lowest BCUT2D eigenvalue weighted by molar-refractivity contribution is -0.134. The molecule has 5 heteroatoms. The Morgan fingerprint density at radius 1 is 0.862 bits per heavy atom. The second-order valence-corrected chi connectivity index (χ2v) is 6.71. The van der Waals surface area contributed by atoms with E-state index in [2.05, 4.69) is 0 Å². The molecule has 0 unspecified atom stereocenters. The van der Waals surface area contributed by atoms with Crippen LogP contribution in [0.5, 0.6) is 5.75 Å². The lowest BCUT2D eigenvalue weighted by Gasteiger charge is -2.23. The standard InChI is InChI=1S/C24H22FNO3/c1-18(27)22-14-21(25)12-13-23(22)29-17-24(28)26(15-19-8-4-2-5-9-19)16-20-10-6-3-7-11-20/h2-14H,15-17H2,1H3. The first-order chi connectivity index (χ1) is 14.0. The van der Waals surface area contributed by atoms with E-state index in [9.17, 15) is 14.0 Å². The van der Waals surface area contributed by atoms with Gasteiger partial charge in [-0.3, -0.25) is 9.59 Å². The van der Waals surface area contributed by atoms with Gasteiger partial charge in [-0.1, -0.05) is 60.7 Å². The van der Waals surface area contributed by atoms with Crippen LogP contribution >= 0.6 is 0 Å². The first kappa shape index (κ1) is 20.3. The van der Waals surface area contributed by atoms with E-state index in [1.54, 1.807) is 4.90 Å². The van der Waals surface area contributed by atoms with Gasteiger partial charge >= 0.3 is 0 Å². The Balaban J connectivity index is 1.75. The van der Waals surface area contributed by atoms with Crippen molar-refractivity contribution in [3.8, 4) is 5.75 Å². The number of halogens is 1. The molecule has 0 atom stereocenters. The average molecular weight is 391 g/mol. The number of carbonyl (C=O) groups is 2. The molecule has 148 valence electrons. The van der Waals surface area contributed by atoms with Crippen molar-refractivity contribution in [3.05, 3.63) is 101 Å². The van der Waals surface area contributed by atoms with E-state index < -0.39 is 5.82 Å². The Hall–Kier alpha value is -3.47. The largest absolute Gasteiger partial charge is 0.483 e. The van der Waals surface area contributed by atoms with Gasteiger partial charge in [0.25, 0.3) is 5.91 Å². The second kappa shape index (κ2) is 9.64. The number of amides is 1. The van der Waals surface area contributed by atoms with Crippen LogP contribution in [0.2, 0.25) is 0 Å². The highest BCUT2D eigenvalue weighted by molar-refractivity contribution is 5.96. The van der Waals surface area contributed by atoms with Crippen molar-refractivity contribution in [2.24, 2.45) is 0 Å². The molecule has 0 bridgehead atoms. The summed E-state index contributed by atoms with van der Waals surface area (Å²) in [5, 5.41) is 0. The van der Waals surface area contributed by atoms with Gasteiger partial charge in [-0.05, 0) is 36.2 Å². The van der Waals surface area contributed by atoms with E-state index in [-0.39, 0.29) is 29.6 Å². The highest BCUT2D eigenvalue weighted by Crippen LogP contribution is 2.21. The molecule has 0 heterocycles. The molecule has 4 nitrogen and oxygen atoms in total. The SMILES string of the molecule is CC(=O)c1cc(F)ccc1OCC(=O)N(Cc1ccccc1)Cc1ccccc1. The highest BCUT2D eigenvalue weighted by atomic mass is 19.1. The fraction of sp³-hybridized carbons (Fsp3) is 0.167. The minimum atomic E-state index is -0.524. The molecule has 0 spiro atoms. The second-order valence-electron chi connectivity index (χ2n) is 6.71. The fourth-order valence-electron chi connectivity index (χ4n) is 2.97. The van der Waals surface area contributed by atoms with Crippen LogP contribution in [-0.2, 0) is 17.9 Å². The summed E-state index contributed by atoms with van der Waals surface area (Å²) >= 11 is 0. The molecule has 29 heavy (non-hydrogen) atoms. The zero-order valence-corrected chi connectivity index (χ0v) is 16.2. The molecule has 0 aliphatic rings. The molecule has 0 fully saturated rings. The number of rotatable bonds is 8. The first-order valence-corrected chi connectivity index (χ1v) is 9.32. The molecule has 3 aromatic carbocycles. The third-order valence-electron chi connectivity index (χ3n) is 4.46. The molecular weight excluding hydrogens is 369 g/mol. The number of hydrogen-bond donors (Lipinski definition) is 0. The Bertz CT molecular complexity index is 932. The quantitative estimate of drug-likeness (QED) is 0.526. The summed E-state index contributed by atoms with van der Waals surface area (Å²) in [6.07, 6.45) is 0. The van der Waals surface area contributed by atoms with Gasteiger partial charge in [0.05, 0.1) is 5.56 Å². The molecular formula is C24H22FNO3. The Morgan fingerprint density at radius 3 is 1.93 bits per heavy atom. The molecule has 0 aromatic heterocycles. The summed E-state index contributed by atoms with van der Waals surface area (Å²) in [5.74, 6) is -0.871. The number of hydrogen-bond acceptors (Lipinski definition) is 3. The van der Waals surface area contributed by atoms with Gasteiger partial charge in [0.2, 0.25) is 0 Å². The number of carbonyl (C=O) groups excluding carboxylic acids is 2. The van der Waals surface area contributed by atoms with E-state index in [0.717, 1.165) is 17.2 Å². The van der Waals surface area contributed by atoms with Crippen molar-refractivity contribution in [1.82, 2.24) is 4.90 Å². The zero-order valence-electron chi connectivity index (χ0n) is 16.2. The predicted molar refractivity (Wildman–Crippen MR) is 109 cm³/mol. The Morgan fingerprint density at radius 2 is 1.41 bits per heavy atom. The van der Waals surface area contributed by atoms with Crippen molar-refractivity contribution in [3.63, 3.8) is 0 Å². The van der Waals surface area contributed by atoms with Crippen molar-refractivity contribution < 1.29 is 18.7 Å². The van der Waals surface area contributed by atoms with Gasteiger partial charge in [-0.2, -0.15) is 0 Å². The maximum absolute atomic E-state index is 13.4. The van der Waals surface area contributed by atoms with Crippen LogP contribution in [0.1, 0.15) is 28.4 Å². The van der Waals surface area contributed by atoms with E-state index in [1.165, 1.54) is 19.1 Å². The van der Waals surface area contributed by atoms with Crippen LogP contribution < -0.4 is 4.74 Å². The molecule has 3 aromatic rings. The summed E-state index contributed by atoms with van der Waals surface area (Å²) in [7, 11) is 0. The number of benzene rings is 3. The average Bonchev–Trinajstić information content (AvgIpc) is 2.73. The van der Waals surface area contributed by atoms with Gasteiger partial charge in [0.1, 0.15) is 11.6 Å². The van der Waals surface area contributed by atoms with Crippen LogP contribution in [0.25, 0.3) is 0 Å². The van der Waals surface area contributed by atoms with Crippen molar-refractivity contribution in [2.45, 2.75) is 20.0 Å². The van der Waals surface area contributed by atoms with Gasteiger partial charge < -0.3 is 9.64 Å². The predicted octanol–water partition coefficient (Wildman–Crippen LogP) is 4.64. The van der Waals surface area contributed by atoms with Crippen molar-refractivity contribution in [2.75, 3.05) is 6.61 Å². The van der Waals surface area contributed by atoms with E-state index in [0.29, 0.717) is 13.1 Å². The lowest BCUT2D eigenvalue weighted by Crippen LogP contribution is -2.34. The van der Waals surface area contributed by atoms with Gasteiger partial charge in [-0.15, -0.1) is 0 Å². The first-order valence-electron chi connectivity index (χ1n) is 9.32. The minimum absolute atomic E-state index is 0.121. The van der Waals surface area contributed by atoms with Crippen molar-refractivity contribution in [1.29, 1.82) is 0 Å². The molecule has 3 rings (SSSR count). The number of ketones is 1. The molecule has 0 radical (unpaired) electrons. The maximum atomic E-state index is 13.4. The van der Waals surface area contributed by atoms with Crippen LogP contribution in [0.4, 0.5) is 4.39 Å². The van der Waals surface area contributed by atoms with Gasteiger partial charge in [0, 0.05) is 13.1 Å². The van der Waals surface area contributed by atoms with Crippen LogP contribution in [0.3, 0.4) is 0 Å². The third kappa shape index (κ3) is 5.75. The number of nitrogens with zero attached hydrogens (tertiary/aromatic N) is 1.